The first-order chi connectivity index (χ1) is 7.27. The van der Waals surface area contributed by atoms with E-state index in [1.54, 1.807) is 25.7 Å². The molecule has 3 fully saturated rings. The van der Waals surface area contributed by atoms with Crippen LogP contribution in [0.15, 0.2) is 0 Å². The topological polar surface area (TPSA) is 0 Å². The molecule has 3 saturated carbocycles. The Hall–Kier alpha value is 0.130. The maximum Gasteiger partial charge on any atom is 0.100 e. The quantitative estimate of drug-likeness (QED) is 0.589. The monoisotopic (exact) mass is 216 g/mol. The summed E-state index contributed by atoms with van der Waals surface area (Å²) >= 11 is 0. The average molecular weight is 216 g/mol. The van der Waals surface area contributed by atoms with Gasteiger partial charge in [-0.25, -0.2) is 0 Å². The van der Waals surface area contributed by atoms with Crippen molar-refractivity contribution in [1.29, 1.82) is 0 Å². The summed E-state index contributed by atoms with van der Waals surface area (Å²) in [4.78, 5) is 0. The number of rotatable bonds is 1. The highest BCUT2D eigenvalue weighted by atomic mass is 14.7. The van der Waals surface area contributed by atoms with E-state index in [2.05, 4.69) is 36.5 Å². The van der Waals surface area contributed by atoms with Gasteiger partial charge >= 0.3 is 0 Å². The summed E-state index contributed by atoms with van der Waals surface area (Å²) in [6, 6.07) is 0. The molecule has 0 N–H and O–H groups in total. The van der Waals surface area contributed by atoms with E-state index in [1.165, 1.54) is 12.3 Å². The third-order valence-corrected chi connectivity index (χ3v) is 7.14. The lowest BCUT2D eigenvalue weighted by Crippen LogP contribution is -2.44. The second-order valence-corrected chi connectivity index (χ2v) is 8.51. The Morgan fingerprint density at radius 2 is 1.75 bits per heavy atom. The van der Waals surface area contributed by atoms with E-state index in [-0.39, 0.29) is 0 Å². The standard InChI is InChI=1S/C14H26B2/c1-12(2,3)14(15,16)9-4-5-13-8-11(13)7-10(13)6-9/h9-11H,4-8,15-16H2,1-3H3. The summed E-state index contributed by atoms with van der Waals surface area (Å²) in [5.74, 6) is 3.28. The van der Waals surface area contributed by atoms with E-state index in [9.17, 15) is 0 Å². The fourth-order valence-electron chi connectivity index (χ4n) is 4.65. The van der Waals surface area contributed by atoms with Gasteiger partial charge in [0.25, 0.3) is 0 Å². The van der Waals surface area contributed by atoms with Gasteiger partial charge in [0.1, 0.15) is 15.7 Å². The van der Waals surface area contributed by atoms with Gasteiger partial charge in [-0.2, -0.15) is 0 Å². The van der Waals surface area contributed by atoms with Gasteiger partial charge in [0.15, 0.2) is 0 Å². The molecule has 3 aliphatic carbocycles. The minimum atomic E-state index is 0.453. The van der Waals surface area contributed by atoms with Gasteiger partial charge in [0, 0.05) is 0 Å². The van der Waals surface area contributed by atoms with Crippen molar-refractivity contribution in [2.75, 3.05) is 0 Å². The molecule has 0 radical (unpaired) electrons. The highest BCUT2D eigenvalue weighted by Gasteiger charge is 2.68. The summed E-state index contributed by atoms with van der Waals surface area (Å²) in [5.41, 5.74) is 1.36. The van der Waals surface area contributed by atoms with Crippen molar-refractivity contribution in [2.24, 2.45) is 28.6 Å². The molecule has 0 aliphatic heterocycles. The second-order valence-electron chi connectivity index (χ2n) is 8.51. The Labute approximate surface area is 103 Å². The molecular formula is C14H26B2. The van der Waals surface area contributed by atoms with Gasteiger partial charge in [0.2, 0.25) is 0 Å². The summed E-state index contributed by atoms with van der Waals surface area (Å²) in [6.07, 6.45) is 7.79. The molecule has 3 rings (SSSR count). The van der Waals surface area contributed by atoms with E-state index in [1.807, 2.05) is 0 Å². The predicted octanol–water partition coefficient (Wildman–Crippen LogP) is 2.24. The van der Waals surface area contributed by atoms with Crippen LogP contribution in [0.5, 0.6) is 0 Å². The number of hydrogen-bond donors (Lipinski definition) is 0. The zero-order chi connectivity index (χ0) is 11.8. The van der Waals surface area contributed by atoms with Crippen LogP contribution in [0.3, 0.4) is 0 Å². The second kappa shape index (κ2) is 2.93. The first kappa shape index (κ1) is 11.2. The Morgan fingerprint density at radius 3 is 2.19 bits per heavy atom. The van der Waals surface area contributed by atoms with Crippen LogP contribution in [0.25, 0.3) is 0 Å². The van der Waals surface area contributed by atoms with Crippen molar-refractivity contribution in [2.45, 2.75) is 58.1 Å². The van der Waals surface area contributed by atoms with Crippen LogP contribution in [-0.2, 0) is 0 Å². The van der Waals surface area contributed by atoms with E-state index in [0.717, 1.165) is 17.3 Å². The van der Waals surface area contributed by atoms with Gasteiger partial charge in [-0.3, -0.25) is 0 Å². The molecule has 88 valence electrons. The molecule has 0 nitrogen and oxygen atoms in total. The molecule has 0 saturated heterocycles. The average Bonchev–Trinajstić information content (AvgIpc) is 2.70. The van der Waals surface area contributed by atoms with Crippen molar-refractivity contribution in [1.82, 2.24) is 0 Å². The molecule has 0 aromatic carbocycles. The van der Waals surface area contributed by atoms with Gasteiger partial charge in [0.05, 0.1) is 0 Å². The molecule has 2 heteroatoms. The van der Waals surface area contributed by atoms with Crippen LogP contribution in [-0.4, -0.2) is 15.7 Å². The predicted molar refractivity (Wildman–Crippen MR) is 75.2 cm³/mol. The minimum absolute atomic E-state index is 0.453. The van der Waals surface area contributed by atoms with Crippen LogP contribution in [0, 0.1) is 28.6 Å². The maximum atomic E-state index is 2.51. The molecule has 3 aliphatic rings. The molecule has 0 bridgehead atoms. The lowest BCUT2D eigenvalue weighted by atomic mass is 9.36. The summed E-state index contributed by atoms with van der Waals surface area (Å²) in [6.45, 7) is 7.29. The Kier molecular flexibility index (Phi) is 2.05. The van der Waals surface area contributed by atoms with Gasteiger partial charge in [-0.1, -0.05) is 32.4 Å². The molecule has 1 spiro atoms. The van der Waals surface area contributed by atoms with E-state index in [4.69, 9.17) is 0 Å². The van der Waals surface area contributed by atoms with Gasteiger partial charge in [-0.05, 0) is 54.3 Å². The highest BCUT2D eigenvalue weighted by molar-refractivity contribution is 6.40. The van der Waals surface area contributed by atoms with Crippen molar-refractivity contribution >= 4 is 15.7 Å². The lowest BCUT2D eigenvalue weighted by Gasteiger charge is -2.53. The van der Waals surface area contributed by atoms with Crippen LogP contribution in [0.2, 0.25) is 5.21 Å². The van der Waals surface area contributed by atoms with Crippen molar-refractivity contribution in [3.8, 4) is 0 Å². The highest BCUT2D eigenvalue weighted by Crippen LogP contribution is 2.77. The molecule has 16 heavy (non-hydrogen) atoms. The summed E-state index contributed by atoms with van der Waals surface area (Å²) in [5, 5.41) is 0.509. The Balaban J connectivity index is 1.73. The molecule has 0 amide bonds. The summed E-state index contributed by atoms with van der Waals surface area (Å²) in [7, 11) is 5.03. The van der Waals surface area contributed by atoms with Crippen LogP contribution in [0.1, 0.15) is 52.9 Å². The first-order valence-electron chi connectivity index (χ1n) is 7.27. The SMILES string of the molecule is BC(B)(C1CCC23CC2CC3C1)C(C)(C)C. The fraction of sp³-hybridized carbons (Fsp3) is 1.00. The normalized spacial score (nSPS) is 46.6. The maximum absolute atomic E-state index is 2.51. The minimum Gasteiger partial charge on any atom is -0.0771 e. The zero-order valence-corrected chi connectivity index (χ0v) is 11.8. The van der Waals surface area contributed by atoms with E-state index >= 15 is 0 Å². The number of hydrogen-bond acceptors (Lipinski definition) is 0. The van der Waals surface area contributed by atoms with E-state index in [0.29, 0.717) is 10.6 Å². The first-order valence-corrected chi connectivity index (χ1v) is 7.27. The fourth-order valence-corrected chi connectivity index (χ4v) is 4.65. The van der Waals surface area contributed by atoms with Gasteiger partial charge in [-0.15, -0.1) is 0 Å². The largest absolute Gasteiger partial charge is 0.100 e. The van der Waals surface area contributed by atoms with Crippen LogP contribution in [0.4, 0.5) is 0 Å². The molecule has 0 heterocycles. The van der Waals surface area contributed by atoms with Crippen LogP contribution < -0.4 is 0 Å². The third-order valence-electron chi connectivity index (χ3n) is 7.14. The van der Waals surface area contributed by atoms with Crippen LogP contribution >= 0.6 is 0 Å². The third kappa shape index (κ3) is 1.25. The van der Waals surface area contributed by atoms with E-state index < -0.39 is 0 Å². The zero-order valence-electron chi connectivity index (χ0n) is 11.8. The van der Waals surface area contributed by atoms with Gasteiger partial charge < -0.3 is 0 Å². The molecule has 0 aromatic heterocycles. The molecule has 4 unspecified atom stereocenters. The lowest BCUT2D eigenvalue weighted by molar-refractivity contribution is 0.0416. The van der Waals surface area contributed by atoms with Crippen molar-refractivity contribution < 1.29 is 0 Å². The summed E-state index contributed by atoms with van der Waals surface area (Å²) < 4.78 is 0. The molecule has 4 atom stereocenters. The Morgan fingerprint density at radius 1 is 1.06 bits per heavy atom. The van der Waals surface area contributed by atoms with Crippen molar-refractivity contribution in [3.63, 3.8) is 0 Å². The Bertz CT molecular complexity index is 315. The molecular weight excluding hydrogens is 190 g/mol. The molecule has 0 aromatic rings. The smallest absolute Gasteiger partial charge is 0.0771 e. The van der Waals surface area contributed by atoms with Crippen molar-refractivity contribution in [3.05, 3.63) is 0 Å².